The molecule has 6 N–H and O–H groups in total. The Labute approximate surface area is 344 Å². The minimum absolute atomic E-state index is 0.174. The first-order valence-electron chi connectivity index (χ1n) is 23.8. The van der Waals surface area contributed by atoms with E-state index < -0.39 is 49.5 Å². The minimum atomic E-state index is -1.56. The number of carbonyl (C=O) groups excluding carboxylic acids is 1. The van der Waals surface area contributed by atoms with Crippen molar-refractivity contribution in [3.05, 3.63) is 12.2 Å². The van der Waals surface area contributed by atoms with Gasteiger partial charge in [0.1, 0.15) is 24.4 Å². The Kier molecular flexibility index (Phi) is 35.0. The Morgan fingerprint density at radius 2 is 1.12 bits per heavy atom. The second-order valence-corrected chi connectivity index (χ2v) is 17.2. The molecule has 0 saturated carbocycles. The van der Waals surface area contributed by atoms with Crippen LogP contribution in [0.15, 0.2) is 12.2 Å². The Bertz CT molecular complexity index is 903. The summed E-state index contributed by atoms with van der Waals surface area (Å²) in [5.41, 5.74) is 0. The maximum atomic E-state index is 13.0. The Hall–Kier alpha value is -1.07. The van der Waals surface area contributed by atoms with E-state index >= 15 is 0 Å². The molecule has 1 rings (SSSR count). The van der Waals surface area contributed by atoms with Crippen molar-refractivity contribution in [3.63, 3.8) is 0 Å². The van der Waals surface area contributed by atoms with Crippen LogP contribution in [0.4, 0.5) is 0 Å². The van der Waals surface area contributed by atoms with Gasteiger partial charge in [0.2, 0.25) is 5.91 Å². The number of hydrogen-bond acceptors (Lipinski definition) is 8. The summed E-state index contributed by atoms with van der Waals surface area (Å²) >= 11 is 0. The van der Waals surface area contributed by atoms with E-state index in [1.165, 1.54) is 154 Å². The number of hydrogen-bond donors (Lipinski definition) is 6. The molecule has 56 heavy (non-hydrogen) atoms. The third-order valence-electron chi connectivity index (χ3n) is 11.9. The van der Waals surface area contributed by atoms with E-state index in [0.717, 1.165) is 44.4 Å². The molecule has 0 bridgehead atoms. The predicted octanol–water partition coefficient (Wildman–Crippen LogP) is 9.97. The molecular formula is C47H91NO8. The maximum Gasteiger partial charge on any atom is 0.220 e. The molecule has 1 amide bonds. The molecule has 0 aromatic carbocycles. The summed E-state index contributed by atoms with van der Waals surface area (Å²) in [5.74, 6) is 0.669. The molecule has 0 radical (unpaired) electrons. The Morgan fingerprint density at radius 1 is 0.661 bits per heavy atom. The van der Waals surface area contributed by atoms with Crippen molar-refractivity contribution < 1.29 is 39.8 Å². The Morgan fingerprint density at radius 3 is 1.61 bits per heavy atom. The number of aliphatic hydroxyl groups excluding tert-OH is 5. The smallest absolute Gasteiger partial charge is 0.220 e. The van der Waals surface area contributed by atoms with Crippen LogP contribution in [0.1, 0.15) is 220 Å². The normalized spacial score (nSPS) is 21.8. The highest BCUT2D eigenvalue weighted by Crippen LogP contribution is 2.23. The molecule has 8 unspecified atom stereocenters. The lowest BCUT2D eigenvalue weighted by Gasteiger charge is -2.40. The van der Waals surface area contributed by atoms with Crippen molar-refractivity contribution >= 4 is 5.91 Å². The topological polar surface area (TPSA) is 149 Å². The molecule has 1 aliphatic heterocycles. The molecule has 9 nitrogen and oxygen atoms in total. The number of unbranched alkanes of at least 4 members (excludes halogenated alkanes) is 26. The van der Waals surface area contributed by atoms with E-state index in [9.17, 15) is 30.3 Å². The fourth-order valence-electron chi connectivity index (χ4n) is 7.66. The van der Waals surface area contributed by atoms with Gasteiger partial charge >= 0.3 is 0 Å². The molecule has 0 aromatic rings. The highest BCUT2D eigenvalue weighted by molar-refractivity contribution is 5.76. The van der Waals surface area contributed by atoms with Crippen LogP contribution < -0.4 is 5.32 Å². The highest BCUT2D eigenvalue weighted by atomic mass is 16.7. The summed E-state index contributed by atoms with van der Waals surface area (Å²) < 4.78 is 11.2. The summed E-state index contributed by atoms with van der Waals surface area (Å²) in [6, 6.07) is -0.799. The van der Waals surface area contributed by atoms with Crippen molar-refractivity contribution in [3.8, 4) is 0 Å². The summed E-state index contributed by atoms with van der Waals surface area (Å²) in [6.07, 6.45) is 33.9. The van der Waals surface area contributed by atoms with Gasteiger partial charge in [0.05, 0.1) is 25.4 Å². The van der Waals surface area contributed by atoms with E-state index in [-0.39, 0.29) is 12.5 Å². The predicted molar refractivity (Wildman–Crippen MR) is 230 cm³/mol. The van der Waals surface area contributed by atoms with Gasteiger partial charge in [0, 0.05) is 6.42 Å². The van der Waals surface area contributed by atoms with E-state index in [1.807, 2.05) is 6.08 Å². The SMILES string of the molecule is CCCCCCCCCCCCCCCCCCCCCC(=O)NC(COC1OC(CO)C(O)C(O)C1O)C(O)C=CCCCCCCCCCCC(C)CC. The molecule has 332 valence electrons. The standard InChI is InChI=1S/C47H91NO8/c1-4-6-7-8-9-10-11-12-13-14-15-16-17-18-19-24-27-30-33-36-43(51)48-40(38-55-47-46(54)45(53)44(52)42(37-49)56-47)41(50)35-32-29-26-23-21-20-22-25-28-31-34-39(3)5-2/h32,35,39-42,44-47,49-50,52-54H,4-31,33-34,36-38H2,1-3H3,(H,48,51). The number of aliphatic hydroxyl groups is 5. The summed E-state index contributed by atoms with van der Waals surface area (Å²) in [7, 11) is 0. The van der Waals surface area contributed by atoms with Crippen molar-refractivity contribution in [2.75, 3.05) is 13.2 Å². The van der Waals surface area contributed by atoms with E-state index in [2.05, 4.69) is 26.1 Å². The molecule has 0 spiro atoms. The number of ether oxygens (including phenoxy) is 2. The fourth-order valence-corrected chi connectivity index (χ4v) is 7.66. The van der Waals surface area contributed by atoms with E-state index in [4.69, 9.17) is 9.47 Å². The number of rotatable bonds is 39. The monoisotopic (exact) mass is 798 g/mol. The highest BCUT2D eigenvalue weighted by Gasteiger charge is 2.44. The molecule has 8 atom stereocenters. The van der Waals surface area contributed by atoms with Crippen LogP contribution in [-0.4, -0.2) is 87.5 Å². The van der Waals surface area contributed by atoms with Crippen molar-refractivity contribution in [2.45, 2.75) is 263 Å². The van der Waals surface area contributed by atoms with Crippen LogP contribution in [0.3, 0.4) is 0 Å². The molecule has 1 aliphatic rings. The Balaban J connectivity index is 2.32. The van der Waals surface area contributed by atoms with Crippen LogP contribution in [0.25, 0.3) is 0 Å². The molecule has 9 heteroatoms. The van der Waals surface area contributed by atoms with E-state index in [1.54, 1.807) is 6.08 Å². The fraction of sp³-hybridized carbons (Fsp3) is 0.936. The molecule has 1 fully saturated rings. The van der Waals surface area contributed by atoms with Gasteiger partial charge in [0.15, 0.2) is 6.29 Å². The van der Waals surface area contributed by atoms with Gasteiger partial charge in [-0.25, -0.2) is 0 Å². The van der Waals surface area contributed by atoms with Gasteiger partial charge in [-0.1, -0.05) is 206 Å². The van der Waals surface area contributed by atoms with E-state index in [0.29, 0.717) is 6.42 Å². The third kappa shape index (κ3) is 27.6. The quantitative estimate of drug-likeness (QED) is 0.0266. The zero-order chi connectivity index (χ0) is 41.1. The zero-order valence-corrected chi connectivity index (χ0v) is 36.6. The van der Waals surface area contributed by atoms with Gasteiger partial charge < -0.3 is 40.3 Å². The van der Waals surface area contributed by atoms with Gasteiger partial charge in [-0.05, 0) is 25.2 Å². The van der Waals surface area contributed by atoms with Crippen LogP contribution in [-0.2, 0) is 14.3 Å². The second kappa shape index (κ2) is 37.0. The first-order chi connectivity index (χ1) is 27.2. The summed E-state index contributed by atoms with van der Waals surface area (Å²) in [6.45, 7) is 6.14. The summed E-state index contributed by atoms with van der Waals surface area (Å²) in [4.78, 5) is 13.0. The zero-order valence-electron chi connectivity index (χ0n) is 36.6. The third-order valence-corrected chi connectivity index (χ3v) is 11.9. The average Bonchev–Trinajstić information content (AvgIpc) is 3.20. The number of nitrogens with one attached hydrogen (secondary N) is 1. The lowest BCUT2D eigenvalue weighted by molar-refractivity contribution is -0.302. The van der Waals surface area contributed by atoms with Crippen LogP contribution in [0, 0.1) is 5.92 Å². The van der Waals surface area contributed by atoms with Crippen molar-refractivity contribution in [2.24, 2.45) is 5.92 Å². The van der Waals surface area contributed by atoms with Crippen LogP contribution in [0.5, 0.6) is 0 Å². The van der Waals surface area contributed by atoms with Crippen molar-refractivity contribution in [1.29, 1.82) is 0 Å². The molecule has 0 aliphatic carbocycles. The first kappa shape index (κ1) is 52.9. The first-order valence-corrected chi connectivity index (χ1v) is 23.8. The van der Waals surface area contributed by atoms with Gasteiger partial charge in [-0.2, -0.15) is 0 Å². The second-order valence-electron chi connectivity index (χ2n) is 17.2. The molecule has 0 aromatic heterocycles. The van der Waals surface area contributed by atoms with Crippen molar-refractivity contribution in [1.82, 2.24) is 5.32 Å². The molecule has 1 heterocycles. The van der Waals surface area contributed by atoms with Crippen LogP contribution >= 0.6 is 0 Å². The number of amides is 1. The molecular weight excluding hydrogens is 707 g/mol. The minimum Gasteiger partial charge on any atom is -0.394 e. The summed E-state index contributed by atoms with van der Waals surface area (Å²) in [5, 5.41) is 54.2. The molecule has 1 saturated heterocycles. The van der Waals surface area contributed by atoms with Crippen LogP contribution in [0.2, 0.25) is 0 Å². The van der Waals surface area contributed by atoms with Gasteiger partial charge in [0.25, 0.3) is 0 Å². The van der Waals surface area contributed by atoms with Gasteiger partial charge in [-0.15, -0.1) is 0 Å². The number of carbonyl (C=O) groups is 1. The largest absolute Gasteiger partial charge is 0.394 e. The lowest BCUT2D eigenvalue weighted by Crippen LogP contribution is -2.60. The number of allylic oxidation sites excluding steroid dienone is 1. The average molecular weight is 798 g/mol. The lowest BCUT2D eigenvalue weighted by atomic mass is 9.99. The van der Waals surface area contributed by atoms with Gasteiger partial charge in [-0.3, -0.25) is 4.79 Å². The maximum absolute atomic E-state index is 13.0.